The quantitative estimate of drug-likeness (QED) is 0.536. The monoisotopic (exact) mass is 184 g/mol. The van der Waals surface area contributed by atoms with Crippen LogP contribution in [0, 0.1) is 0 Å². The fourth-order valence-electron chi connectivity index (χ4n) is 2.16. The highest BCUT2D eigenvalue weighted by Gasteiger charge is 2.30. The van der Waals surface area contributed by atoms with Crippen molar-refractivity contribution in [1.29, 1.82) is 0 Å². The van der Waals surface area contributed by atoms with Gasteiger partial charge < -0.3 is 15.7 Å². The molecule has 1 saturated carbocycles. The van der Waals surface area contributed by atoms with Crippen LogP contribution in [0.25, 0.3) is 0 Å². The lowest BCUT2D eigenvalue weighted by Crippen LogP contribution is -2.43. The van der Waals surface area contributed by atoms with Gasteiger partial charge >= 0.3 is 0 Å². The van der Waals surface area contributed by atoms with Crippen LogP contribution >= 0.6 is 0 Å². The number of carbonyl (C=O) groups excluding carboxylic acids is 1. The van der Waals surface area contributed by atoms with E-state index in [1.165, 1.54) is 0 Å². The Morgan fingerprint density at radius 1 is 1.46 bits per heavy atom. The molecule has 13 heavy (non-hydrogen) atoms. The van der Waals surface area contributed by atoms with Gasteiger partial charge in [0, 0.05) is 25.0 Å². The standard InChI is InChI=1S/C9H16N2O2/c12-8-3-1-2-7(8)11-6-4-9(13)10-5-6/h6-8,11-12H,1-5H2,(H,10,13). The number of carbonyl (C=O) groups is 1. The Labute approximate surface area is 77.7 Å². The molecule has 74 valence electrons. The molecule has 1 heterocycles. The fourth-order valence-corrected chi connectivity index (χ4v) is 2.16. The summed E-state index contributed by atoms with van der Waals surface area (Å²) in [4.78, 5) is 10.9. The van der Waals surface area contributed by atoms with Crippen molar-refractivity contribution in [1.82, 2.24) is 10.6 Å². The number of hydrogen-bond acceptors (Lipinski definition) is 3. The largest absolute Gasteiger partial charge is 0.392 e. The van der Waals surface area contributed by atoms with Crippen molar-refractivity contribution in [2.24, 2.45) is 0 Å². The van der Waals surface area contributed by atoms with Crippen LogP contribution in [-0.2, 0) is 4.79 Å². The van der Waals surface area contributed by atoms with Gasteiger partial charge in [-0.2, -0.15) is 0 Å². The van der Waals surface area contributed by atoms with Gasteiger partial charge in [-0.05, 0) is 19.3 Å². The second-order valence-electron chi connectivity index (χ2n) is 3.98. The van der Waals surface area contributed by atoms with Crippen LogP contribution in [0.2, 0.25) is 0 Å². The first-order valence-corrected chi connectivity index (χ1v) is 4.96. The zero-order valence-electron chi connectivity index (χ0n) is 7.62. The second-order valence-corrected chi connectivity index (χ2v) is 3.98. The van der Waals surface area contributed by atoms with Gasteiger partial charge in [-0.15, -0.1) is 0 Å². The fraction of sp³-hybridized carbons (Fsp3) is 0.889. The van der Waals surface area contributed by atoms with Crippen LogP contribution in [0.3, 0.4) is 0 Å². The molecule has 1 aliphatic carbocycles. The van der Waals surface area contributed by atoms with E-state index in [9.17, 15) is 9.90 Å². The number of amides is 1. The summed E-state index contributed by atoms with van der Waals surface area (Å²) in [7, 11) is 0. The summed E-state index contributed by atoms with van der Waals surface area (Å²) in [5, 5.41) is 15.6. The maximum atomic E-state index is 10.9. The van der Waals surface area contributed by atoms with Gasteiger partial charge in [-0.25, -0.2) is 0 Å². The van der Waals surface area contributed by atoms with Crippen LogP contribution in [0.4, 0.5) is 0 Å². The Kier molecular flexibility index (Phi) is 2.51. The van der Waals surface area contributed by atoms with E-state index in [0.29, 0.717) is 13.0 Å². The molecule has 1 aliphatic heterocycles. The minimum absolute atomic E-state index is 0.116. The molecule has 4 heteroatoms. The Balaban J connectivity index is 1.80. The summed E-state index contributed by atoms with van der Waals surface area (Å²) in [5.74, 6) is 0.116. The van der Waals surface area contributed by atoms with Crippen molar-refractivity contribution in [2.45, 2.75) is 43.9 Å². The third-order valence-electron chi connectivity index (χ3n) is 2.91. The zero-order chi connectivity index (χ0) is 9.26. The van der Waals surface area contributed by atoms with Crippen molar-refractivity contribution in [3.05, 3.63) is 0 Å². The molecule has 0 aromatic heterocycles. The van der Waals surface area contributed by atoms with Crippen LogP contribution < -0.4 is 10.6 Å². The van der Waals surface area contributed by atoms with E-state index < -0.39 is 0 Å². The first-order valence-electron chi connectivity index (χ1n) is 4.96. The van der Waals surface area contributed by atoms with Gasteiger partial charge in [0.2, 0.25) is 5.91 Å². The van der Waals surface area contributed by atoms with E-state index in [1.807, 2.05) is 0 Å². The summed E-state index contributed by atoms with van der Waals surface area (Å²) in [6, 6.07) is 0.433. The smallest absolute Gasteiger partial charge is 0.221 e. The molecule has 4 nitrogen and oxygen atoms in total. The molecule has 3 N–H and O–H groups in total. The van der Waals surface area contributed by atoms with E-state index in [4.69, 9.17) is 0 Å². The van der Waals surface area contributed by atoms with Gasteiger partial charge in [0.1, 0.15) is 0 Å². The molecule has 0 aromatic rings. The summed E-state index contributed by atoms with van der Waals surface area (Å²) in [5.41, 5.74) is 0. The van der Waals surface area contributed by atoms with Crippen molar-refractivity contribution in [3.8, 4) is 0 Å². The molecule has 2 fully saturated rings. The van der Waals surface area contributed by atoms with Crippen LogP contribution in [-0.4, -0.2) is 35.7 Å². The molecule has 0 radical (unpaired) electrons. The van der Waals surface area contributed by atoms with Crippen LogP contribution in [0.1, 0.15) is 25.7 Å². The van der Waals surface area contributed by atoms with Crippen molar-refractivity contribution >= 4 is 5.91 Å². The Hall–Kier alpha value is -0.610. The van der Waals surface area contributed by atoms with Gasteiger partial charge in [0.05, 0.1) is 6.10 Å². The van der Waals surface area contributed by atoms with Crippen molar-refractivity contribution in [2.75, 3.05) is 6.54 Å². The molecule has 1 saturated heterocycles. The molecule has 1 amide bonds. The molecule has 2 aliphatic rings. The maximum absolute atomic E-state index is 10.9. The topological polar surface area (TPSA) is 61.4 Å². The highest BCUT2D eigenvalue weighted by atomic mass is 16.3. The van der Waals surface area contributed by atoms with Gasteiger partial charge in [0.25, 0.3) is 0 Å². The molecular weight excluding hydrogens is 168 g/mol. The summed E-state index contributed by atoms with van der Waals surface area (Å²) < 4.78 is 0. The summed E-state index contributed by atoms with van der Waals surface area (Å²) in [6.07, 6.45) is 3.36. The average Bonchev–Trinajstić information content (AvgIpc) is 2.64. The van der Waals surface area contributed by atoms with Crippen LogP contribution in [0.15, 0.2) is 0 Å². The molecule has 0 spiro atoms. The van der Waals surface area contributed by atoms with E-state index >= 15 is 0 Å². The number of aliphatic hydroxyl groups is 1. The van der Waals surface area contributed by atoms with E-state index in [0.717, 1.165) is 19.3 Å². The van der Waals surface area contributed by atoms with E-state index in [1.54, 1.807) is 0 Å². The van der Waals surface area contributed by atoms with E-state index in [-0.39, 0.29) is 24.1 Å². The second kappa shape index (κ2) is 3.64. The maximum Gasteiger partial charge on any atom is 0.221 e. The van der Waals surface area contributed by atoms with Gasteiger partial charge in [0.15, 0.2) is 0 Å². The minimum atomic E-state index is -0.212. The SMILES string of the molecule is O=C1CC(NC2CCCC2O)CN1. The number of nitrogens with one attached hydrogen (secondary N) is 2. The van der Waals surface area contributed by atoms with Crippen LogP contribution in [0.5, 0.6) is 0 Å². The molecule has 0 bridgehead atoms. The van der Waals surface area contributed by atoms with Crippen molar-refractivity contribution < 1.29 is 9.90 Å². The van der Waals surface area contributed by atoms with Crippen molar-refractivity contribution in [3.63, 3.8) is 0 Å². The molecule has 3 atom stereocenters. The van der Waals surface area contributed by atoms with Gasteiger partial charge in [-0.1, -0.05) is 0 Å². The molecule has 3 unspecified atom stereocenters. The zero-order valence-corrected chi connectivity index (χ0v) is 7.62. The average molecular weight is 184 g/mol. The number of rotatable bonds is 2. The first kappa shape index (κ1) is 8.97. The predicted molar refractivity (Wildman–Crippen MR) is 48.2 cm³/mol. The predicted octanol–water partition coefficient (Wildman–Crippen LogP) is -0.622. The Bertz CT molecular complexity index is 208. The lowest BCUT2D eigenvalue weighted by molar-refractivity contribution is -0.119. The third-order valence-corrected chi connectivity index (χ3v) is 2.91. The number of aliphatic hydroxyl groups excluding tert-OH is 1. The highest BCUT2D eigenvalue weighted by Crippen LogP contribution is 2.19. The molecular formula is C9H16N2O2. The van der Waals surface area contributed by atoms with Gasteiger partial charge in [-0.3, -0.25) is 4.79 Å². The Morgan fingerprint density at radius 3 is 2.85 bits per heavy atom. The highest BCUT2D eigenvalue weighted by molar-refractivity contribution is 5.78. The summed E-state index contributed by atoms with van der Waals surface area (Å²) in [6.45, 7) is 0.710. The minimum Gasteiger partial charge on any atom is -0.392 e. The third kappa shape index (κ3) is 2.00. The molecule has 2 rings (SSSR count). The van der Waals surface area contributed by atoms with E-state index in [2.05, 4.69) is 10.6 Å². The summed E-state index contributed by atoms with van der Waals surface area (Å²) >= 11 is 0. The lowest BCUT2D eigenvalue weighted by atomic mass is 10.1. The Morgan fingerprint density at radius 2 is 2.31 bits per heavy atom. The lowest BCUT2D eigenvalue weighted by Gasteiger charge is -2.20. The first-order chi connectivity index (χ1) is 6.25. The molecule has 0 aromatic carbocycles. The normalized spacial score (nSPS) is 39.5. The number of hydrogen-bond donors (Lipinski definition) is 3.